The molecule has 0 amide bonds. The van der Waals surface area contributed by atoms with Gasteiger partial charge in [0.25, 0.3) is 0 Å². The fraction of sp³-hybridized carbons (Fsp3) is 0.533. The summed E-state index contributed by atoms with van der Waals surface area (Å²) < 4.78 is 24.4. The van der Waals surface area contributed by atoms with Gasteiger partial charge in [-0.25, -0.2) is 8.42 Å². The van der Waals surface area contributed by atoms with Gasteiger partial charge in [0, 0.05) is 0 Å². The van der Waals surface area contributed by atoms with Crippen LogP contribution in [-0.2, 0) is 9.84 Å². The maximum absolute atomic E-state index is 12.8. The predicted molar refractivity (Wildman–Crippen MR) is 72.3 cm³/mol. The number of aryl methyl sites for hydroxylation is 2. The largest absolute Gasteiger partial charge is 0.222 e. The fourth-order valence-electron chi connectivity index (χ4n) is 3.33. The third-order valence-corrected chi connectivity index (χ3v) is 7.06. The van der Waals surface area contributed by atoms with Crippen molar-refractivity contribution in [1.82, 2.24) is 0 Å². The van der Waals surface area contributed by atoms with Gasteiger partial charge in [0.2, 0.25) is 0 Å². The number of hydrogen-bond donors (Lipinski definition) is 0. The Morgan fingerprint density at radius 1 is 1.21 bits per heavy atom. The van der Waals surface area contributed by atoms with Crippen molar-refractivity contribution in [3.63, 3.8) is 0 Å². The normalized spacial score (nSPS) is 22.6. The number of sulfone groups is 1. The predicted octanol–water partition coefficient (Wildman–Crippen LogP) is 2.91. The number of rotatable bonds is 2. The van der Waals surface area contributed by atoms with E-state index in [1.807, 2.05) is 13.0 Å². The lowest BCUT2D eigenvalue weighted by molar-refractivity contribution is 0.238. The summed E-state index contributed by atoms with van der Waals surface area (Å²) in [6.07, 6.45) is 3.20. The van der Waals surface area contributed by atoms with Gasteiger partial charge in [0.15, 0.2) is 14.6 Å². The van der Waals surface area contributed by atoms with E-state index in [4.69, 9.17) is 0 Å². The van der Waals surface area contributed by atoms with Crippen molar-refractivity contribution in [3.8, 4) is 6.07 Å². The lowest BCUT2D eigenvalue weighted by Crippen LogP contribution is -2.50. The summed E-state index contributed by atoms with van der Waals surface area (Å²) in [5.74, 6) is 0. The number of hydrogen-bond acceptors (Lipinski definition) is 3. The SMILES string of the molecule is Cc1ccc(S(=O)(=O)C2(C#N)CC3(CC3)C2)c(C)c1. The van der Waals surface area contributed by atoms with Gasteiger partial charge in [-0.05, 0) is 56.6 Å². The Morgan fingerprint density at radius 3 is 2.32 bits per heavy atom. The van der Waals surface area contributed by atoms with Crippen molar-refractivity contribution >= 4 is 9.84 Å². The van der Waals surface area contributed by atoms with E-state index in [0.717, 1.165) is 24.0 Å². The maximum Gasteiger partial charge on any atom is 0.197 e. The van der Waals surface area contributed by atoms with Gasteiger partial charge < -0.3 is 0 Å². The summed E-state index contributed by atoms with van der Waals surface area (Å²) in [6.45, 7) is 3.74. The number of nitrogens with zero attached hydrogens (tertiary/aromatic N) is 1. The molecular formula is C15H17NO2S. The lowest BCUT2D eigenvalue weighted by atomic mass is 9.72. The lowest BCUT2D eigenvalue weighted by Gasteiger charge is -2.42. The molecule has 3 nitrogen and oxygen atoms in total. The van der Waals surface area contributed by atoms with Crippen LogP contribution in [-0.4, -0.2) is 13.2 Å². The molecule has 2 aliphatic carbocycles. The molecule has 1 aromatic rings. The van der Waals surface area contributed by atoms with Crippen molar-refractivity contribution in [2.45, 2.75) is 49.2 Å². The Labute approximate surface area is 114 Å². The van der Waals surface area contributed by atoms with Gasteiger partial charge >= 0.3 is 0 Å². The van der Waals surface area contributed by atoms with Crippen LogP contribution in [0.2, 0.25) is 0 Å². The summed E-state index contributed by atoms with van der Waals surface area (Å²) in [5.41, 5.74) is 1.96. The fourth-order valence-corrected chi connectivity index (χ4v) is 5.59. The molecule has 0 aliphatic heterocycles. The molecule has 19 heavy (non-hydrogen) atoms. The summed E-state index contributed by atoms with van der Waals surface area (Å²) in [6, 6.07) is 7.42. The third kappa shape index (κ3) is 1.64. The van der Waals surface area contributed by atoms with Gasteiger partial charge in [-0.15, -0.1) is 0 Å². The Hall–Kier alpha value is -1.34. The van der Waals surface area contributed by atoms with Gasteiger partial charge in [0.05, 0.1) is 11.0 Å². The topological polar surface area (TPSA) is 57.9 Å². The molecule has 3 rings (SSSR count). The third-order valence-electron chi connectivity index (χ3n) is 4.62. The molecule has 4 heteroatoms. The molecule has 0 unspecified atom stereocenters. The van der Waals surface area contributed by atoms with E-state index in [1.165, 1.54) is 0 Å². The smallest absolute Gasteiger partial charge is 0.197 e. The van der Waals surface area contributed by atoms with Crippen molar-refractivity contribution in [3.05, 3.63) is 29.3 Å². The molecule has 0 aromatic heterocycles. The van der Waals surface area contributed by atoms with Crippen LogP contribution in [0.4, 0.5) is 0 Å². The van der Waals surface area contributed by atoms with Crippen LogP contribution in [0.15, 0.2) is 23.1 Å². The van der Waals surface area contributed by atoms with Gasteiger partial charge in [-0.1, -0.05) is 17.7 Å². The highest BCUT2D eigenvalue weighted by atomic mass is 32.2. The van der Waals surface area contributed by atoms with Crippen LogP contribution in [0, 0.1) is 30.6 Å². The first-order valence-electron chi connectivity index (χ1n) is 6.57. The molecule has 0 heterocycles. The number of benzene rings is 1. The zero-order valence-corrected chi connectivity index (χ0v) is 12.0. The quantitative estimate of drug-likeness (QED) is 0.833. The first kappa shape index (κ1) is 12.7. The molecule has 0 atom stereocenters. The summed E-state index contributed by atoms with van der Waals surface area (Å²) in [7, 11) is -3.55. The van der Waals surface area contributed by atoms with Gasteiger partial charge in [-0.3, -0.25) is 0 Å². The van der Waals surface area contributed by atoms with E-state index in [-0.39, 0.29) is 5.41 Å². The average Bonchev–Trinajstić information content (AvgIpc) is 3.05. The Kier molecular flexibility index (Phi) is 2.41. The molecule has 2 saturated carbocycles. The molecular weight excluding hydrogens is 258 g/mol. The van der Waals surface area contributed by atoms with Crippen LogP contribution >= 0.6 is 0 Å². The standard InChI is InChI=1S/C15H17NO2S/c1-11-3-4-13(12(2)7-11)19(17,18)15(10-16)8-14(9-15)5-6-14/h3-4,7H,5-6,8-9H2,1-2H3. The highest BCUT2D eigenvalue weighted by molar-refractivity contribution is 7.93. The van der Waals surface area contributed by atoms with Crippen LogP contribution in [0.5, 0.6) is 0 Å². The van der Waals surface area contributed by atoms with E-state index < -0.39 is 14.6 Å². The van der Waals surface area contributed by atoms with Crippen LogP contribution in [0.25, 0.3) is 0 Å². The van der Waals surface area contributed by atoms with E-state index in [2.05, 4.69) is 6.07 Å². The zero-order chi connectivity index (χ0) is 13.9. The second-order valence-electron chi connectivity index (χ2n) is 6.23. The Balaban J connectivity index is 2.05. The van der Waals surface area contributed by atoms with E-state index in [9.17, 15) is 13.7 Å². The van der Waals surface area contributed by atoms with Crippen LogP contribution in [0.3, 0.4) is 0 Å². The monoisotopic (exact) mass is 275 g/mol. The van der Waals surface area contributed by atoms with Crippen molar-refractivity contribution < 1.29 is 8.42 Å². The molecule has 1 spiro atoms. The average molecular weight is 275 g/mol. The molecule has 100 valence electrons. The molecule has 2 fully saturated rings. The van der Waals surface area contributed by atoms with Gasteiger partial charge in [0.1, 0.15) is 0 Å². The van der Waals surface area contributed by atoms with Crippen molar-refractivity contribution in [2.75, 3.05) is 0 Å². The minimum atomic E-state index is -3.55. The molecule has 1 aromatic carbocycles. The van der Waals surface area contributed by atoms with Crippen LogP contribution < -0.4 is 0 Å². The summed E-state index contributed by atoms with van der Waals surface area (Å²) in [5, 5.41) is 9.41. The van der Waals surface area contributed by atoms with Gasteiger partial charge in [-0.2, -0.15) is 5.26 Å². The summed E-state index contributed by atoms with van der Waals surface area (Å²) in [4.78, 5) is 0.329. The summed E-state index contributed by atoms with van der Waals surface area (Å²) >= 11 is 0. The van der Waals surface area contributed by atoms with Crippen LogP contribution in [0.1, 0.15) is 36.8 Å². The second kappa shape index (κ2) is 3.61. The number of nitriles is 1. The van der Waals surface area contributed by atoms with E-state index >= 15 is 0 Å². The first-order valence-corrected chi connectivity index (χ1v) is 8.06. The molecule has 0 saturated heterocycles. The Bertz CT molecular complexity index is 685. The zero-order valence-electron chi connectivity index (χ0n) is 11.2. The van der Waals surface area contributed by atoms with E-state index in [1.54, 1.807) is 19.1 Å². The first-order chi connectivity index (χ1) is 8.84. The molecule has 0 N–H and O–H groups in total. The highest BCUT2D eigenvalue weighted by Gasteiger charge is 2.67. The highest BCUT2D eigenvalue weighted by Crippen LogP contribution is 2.67. The minimum absolute atomic E-state index is 0.182. The van der Waals surface area contributed by atoms with E-state index in [0.29, 0.717) is 17.7 Å². The maximum atomic E-state index is 12.8. The second-order valence-corrected chi connectivity index (χ2v) is 8.46. The molecule has 2 aliphatic rings. The molecule has 0 bridgehead atoms. The van der Waals surface area contributed by atoms with Crippen molar-refractivity contribution in [2.24, 2.45) is 5.41 Å². The minimum Gasteiger partial charge on any atom is -0.222 e. The molecule has 0 radical (unpaired) electrons. The van der Waals surface area contributed by atoms with Crippen molar-refractivity contribution in [1.29, 1.82) is 5.26 Å². The Morgan fingerprint density at radius 2 is 1.84 bits per heavy atom.